The zero-order chi connectivity index (χ0) is 22.3. The van der Waals surface area contributed by atoms with E-state index < -0.39 is 0 Å². The van der Waals surface area contributed by atoms with E-state index in [1.54, 1.807) is 5.56 Å². The van der Waals surface area contributed by atoms with Gasteiger partial charge in [-0.2, -0.15) is 4.57 Å². The summed E-state index contributed by atoms with van der Waals surface area (Å²) in [6.45, 7) is 13.8. The predicted molar refractivity (Wildman–Crippen MR) is 134 cm³/mol. The zero-order valence-corrected chi connectivity index (χ0v) is 20.7. The molecular formula is C30H40N+. The molecular weight excluding hydrogens is 374 g/mol. The standard InChI is InChI=1S/C30H40N/c1-20-15-25(24-11-9-8-10-12-24)18-28(22(20)3)29-27-14-13-23(19-30(4,5)6)17-26(27)16-21(2)31(29)7/h13-18,24H,8-12,19H2,1-7H3/q+1. The highest BCUT2D eigenvalue weighted by Crippen LogP contribution is 2.38. The van der Waals surface area contributed by atoms with Gasteiger partial charge in [-0.3, -0.25) is 0 Å². The Balaban J connectivity index is 1.90. The van der Waals surface area contributed by atoms with Gasteiger partial charge in [0.2, 0.25) is 5.69 Å². The van der Waals surface area contributed by atoms with Crippen LogP contribution in [0.3, 0.4) is 0 Å². The van der Waals surface area contributed by atoms with Crippen molar-refractivity contribution < 1.29 is 4.57 Å². The molecule has 2 aromatic carbocycles. The third kappa shape index (κ3) is 4.56. The first kappa shape index (κ1) is 22.1. The predicted octanol–water partition coefficient (Wildman–Crippen LogP) is 7.89. The van der Waals surface area contributed by atoms with Gasteiger partial charge in [-0.25, -0.2) is 0 Å². The Labute approximate surface area is 189 Å². The van der Waals surface area contributed by atoms with Gasteiger partial charge in [0, 0.05) is 13.0 Å². The Kier molecular flexibility index (Phi) is 5.99. The van der Waals surface area contributed by atoms with Crippen molar-refractivity contribution in [1.29, 1.82) is 0 Å². The lowest BCUT2D eigenvalue weighted by Crippen LogP contribution is -2.35. The van der Waals surface area contributed by atoms with Crippen LogP contribution in [0.25, 0.3) is 22.0 Å². The minimum absolute atomic E-state index is 0.299. The molecule has 1 heterocycles. The van der Waals surface area contributed by atoms with Crippen molar-refractivity contribution in [2.24, 2.45) is 12.5 Å². The van der Waals surface area contributed by atoms with Crippen molar-refractivity contribution in [3.63, 3.8) is 0 Å². The molecule has 164 valence electrons. The van der Waals surface area contributed by atoms with Crippen LogP contribution < -0.4 is 4.57 Å². The second-order valence-corrected chi connectivity index (χ2v) is 11.2. The van der Waals surface area contributed by atoms with Gasteiger partial charge < -0.3 is 0 Å². The Morgan fingerprint density at radius 3 is 2.29 bits per heavy atom. The number of aryl methyl sites for hydroxylation is 2. The van der Waals surface area contributed by atoms with Gasteiger partial charge >= 0.3 is 0 Å². The molecule has 1 heteroatoms. The van der Waals surface area contributed by atoms with Crippen LogP contribution in [0.4, 0.5) is 0 Å². The molecule has 0 spiro atoms. The first-order valence-electron chi connectivity index (χ1n) is 12.2. The first-order valence-corrected chi connectivity index (χ1v) is 12.2. The smallest absolute Gasteiger partial charge is 0.198 e. The van der Waals surface area contributed by atoms with Crippen molar-refractivity contribution >= 4 is 10.8 Å². The molecule has 0 radical (unpaired) electrons. The minimum Gasteiger partial charge on any atom is -0.198 e. The monoisotopic (exact) mass is 414 g/mol. The molecule has 1 aliphatic rings. The van der Waals surface area contributed by atoms with E-state index in [9.17, 15) is 0 Å². The molecule has 31 heavy (non-hydrogen) atoms. The van der Waals surface area contributed by atoms with E-state index in [0.717, 1.165) is 12.3 Å². The van der Waals surface area contributed by atoms with Gasteiger partial charge in [-0.15, -0.1) is 0 Å². The van der Waals surface area contributed by atoms with Gasteiger partial charge in [0.25, 0.3) is 0 Å². The molecule has 1 saturated carbocycles. The number of benzene rings is 2. The maximum absolute atomic E-state index is 2.52. The van der Waals surface area contributed by atoms with Crippen molar-refractivity contribution in [1.82, 2.24) is 0 Å². The van der Waals surface area contributed by atoms with Crippen LogP contribution in [0, 0.1) is 26.2 Å². The van der Waals surface area contributed by atoms with Crippen molar-refractivity contribution in [3.05, 3.63) is 64.3 Å². The number of aromatic nitrogens is 1. The number of fused-ring (bicyclic) bond motifs is 1. The van der Waals surface area contributed by atoms with Crippen LogP contribution in [0.15, 0.2) is 36.4 Å². The topological polar surface area (TPSA) is 3.88 Å². The second-order valence-electron chi connectivity index (χ2n) is 11.2. The molecule has 1 aliphatic carbocycles. The molecule has 3 aromatic rings. The summed E-state index contributed by atoms with van der Waals surface area (Å²) in [6, 6.07) is 14.5. The van der Waals surface area contributed by atoms with E-state index in [1.165, 1.54) is 76.5 Å². The van der Waals surface area contributed by atoms with Crippen molar-refractivity contribution in [2.75, 3.05) is 0 Å². The summed E-state index contributed by atoms with van der Waals surface area (Å²) >= 11 is 0. The van der Waals surface area contributed by atoms with E-state index in [0.29, 0.717) is 5.41 Å². The Bertz CT molecular complexity index is 1110. The Morgan fingerprint density at radius 1 is 0.903 bits per heavy atom. The average Bonchev–Trinajstić information content (AvgIpc) is 2.71. The van der Waals surface area contributed by atoms with E-state index in [4.69, 9.17) is 0 Å². The summed E-state index contributed by atoms with van der Waals surface area (Å²) in [6.07, 6.45) is 7.96. The van der Waals surface area contributed by atoms with Gasteiger partial charge in [-0.1, -0.05) is 58.2 Å². The number of nitrogens with zero attached hydrogens (tertiary/aromatic N) is 1. The van der Waals surface area contributed by atoms with Crippen LogP contribution in [0.1, 0.15) is 86.7 Å². The van der Waals surface area contributed by atoms with Crippen molar-refractivity contribution in [2.45, 2.75) is 86.0 Å². The van der Waals surface area contributed by atoms with E-state index in [-0.39, 0.29) is 0 Å². The molecule has 1 aromatic heterocycles. The number of rotatable bonds is 3. The van der Waals surface area contributed by atoms with E-state index in [2.05, 4.69) is 89.6 Å². The lowest BCUT2D eigenvalue weighted by Gasteiger charge is -2.24. The summed E-state index contributed by atoms with van der Waals surface area (Å²) in [5, 5.41) is 2.74. The summed E-state index contributed by atoms with van der Waals surface area (Å²) in [4.78, 5) is 0. The highest BCUT2D eigenvalue weighted by atomic mass is 14.9. The zero-order valence-electron chi connectivity index (χ0n) is 20.7. The second kappa shape index (κ2) is 8.41. The molecule has 1 fully saturated rings. The van der Waals surface area contributed by atoms with Gasteiger partial charge in [0.15, 0.2) is 5.69 Å². The van der Waals surface area contributed by atoms with Crippen LogP contribution in [-0.2, 0) is 13.5 Å². The van der Waals surface area contributed by atoms with E-state index in [1.807, 2.05) is 0 Å². The van der Waals surface area contributed by atoms with Gasteiger partial charge in [-0.05, 0) is 84.2 Å². The third-order valence-corrected chi connectivity index (χ3v) is 7.36. The Morgan fingerprint density at radius 2 is 1.61 bits per heavy atom. The molecule has 0 aliphatic heterocycles. The third-order valence-electron chi connectivity index (χ3n) is 7.36. The SMILES string of the molecule is Cc1cc(C2CCCCC2)cc(-c2c3ccc(CC(C)(C)C)cc3cc(C)[n+]2C)c1C. The lowest BCUT2D eigenvalue weighted by atomic mass is 9.81. The average molecular weight is 415 g/mol. The summed E-state index contributed by atoms with van der Waals surface area (Å²) in [5.41, 5.74) is 10.2. The maximum Gasteiger partial charge on any atom is 0.220 e. The minimum atomic E-state index is 0.299. The molecule has 0 bridgehead atoms. The fourth-order valence-corrected chi connectivity index (χ4v) is 5.48. The van der Waals surface area contributed by atoms with Crippen LogP contribution in [0.5, 0.6) is 0 Å². The molecule has 4 rings (SSSR count). The van der Waals surface area contributed by atoms with Crippen molar-refractivity contribution in [3.8, 4) is 11.3 Å². The highest BCUT2D eigenvalue weighted by Gasteiger charge is 2.24. The number of hydrogen-bond acceptors (Lipinski definition) is 0. The fraction of sp³-hybridized carbons (Fsp3) is 0.500. The maximum atomic E-state index is 2.52. The van der Waals surface area contributed by atoms with Gasteiger partial charge in [0.05, 0.1) is 10.9 Å². The van der Waals surface area contributed by atoms with E-state index >= 15 is 0 Å². The highest BCUT2D eigenvalue weighted by molar-refractivity contribution is 5.94. The number of hydrogen-bond donors (Lipinski definition) is 0. The Hall–Kier alpha value is -2.15. The lowest BCUT2D eigenvalue weighted by molar-refractivity contribution is -0.665. The van der Waals surface area contributed by atoms with Crippen LogP contribution in [-0.4, -0.2) is 0 Å². The molecule has 0 saturated heterocycles. The fourth-order valence-electron chi connectivity index (χ4n) is 5.48. The number of pyridine rings is 1. The first-order chi connectivity index (χ1) is 14.6. The molecule has 0 atom stereocenters. The molecule has 0 amide bonds. The normalized spacial score (nSPS) is 15.6. The molecule has 1 nitrogen and oxygen atoms in total. The summed E-state index contributed by atoms with van der Waals surface area (Å²) < 4.78 is 2.40. The van der Waals surface area contributed by atoms with Gasteiger partial charge in [0.1, 0.15) is 7.05 Å². The van der Waals surface area contributed by atoms with Crippen LogP contribution >= 0.6 is 0 Å². The molecule has 0 N–H and O–H groups in total. The molecule has 0 unspecified atom stereocenters. The summed E-state index contributed by atoms with van der Waals surface area (Å²) in [5.74, 6) is 0.728. The quantitative estimate of drug-likeness (QED) is 0.384. The largest absolute Gasteiger partial charge is 0.220 e. The van der Waals surface area contributed by atoms with Crippen LogP contribution in [0.2, 0.25) is 0 Å². The summed E-state index contributed by atoms with van der Waals surface area (Å²) in [7, 11) is 2.23.